The van der Waals surface area contributed by atoms with E-state index >= 15 is 0 Å². The SMILES string of the molecule is COc1cccc(CCNC(=O)CC(=O)NCc2ccccc2)c1. The van der Waals surface area contributed by atoms with Gasteiger partial charge < -0.3 is 15.4 Å². The van der Waals surface area contributed by atoms with E-state index in [9.17, 15) is 9.59 Å². The fourth-order valence-corrected chi connectivity index (χ4v) is 2.24. The molecule has 0 saturated heterocycles. The van der Waals surface area contributed by atoms with Crippen molar-refractivity contribution in [3.63, 3.8) is 0 Å². The molecule has 5 heteroatoms. The Morgan fingerprint density at radius 1 is 0.917 bits per heavy atom. The standard InChI is InChI=1S/C19H22N2O3/c1-24-17-9-5-8-15(12-17)10-11-20-18(22)13-19(23)21-14-16-6-3-2-4-7-16/h2-9,12H,10-11,13-14H2,1H3,(H,20,22)(H,21,23). The van der Waals surface area contributed by atoms with E-state index in [4.69, 9.17) is 4.74 Å². The number of ether oxygens (including phenoxy) is 1. The van der Waals surface area contributed by atoms with Crippen molar-refractivity contribution in [1.82, 2.24) is 10.6 Å². The van der Waals surface area contributed by atoms with E-state index in [1.165, 1.54) is 0 Å². The van der Waals surface area contributed by atoms with Crippen LogP contribution in [0.3, 0.4) is 0 Å². The fourth-order valence-electron chi connectivity index (χ4n) is 2.24. The van der Waals surface area contributed by atoms with E-state index in [-0.39, 0.29) is 18.2 Å². The van der Waals surface area contributed by atoms with Crippen LogP contribution in [0.5, 0.6) is 5.75 Å². The van der Waals surface area contributed by atoms with E-state index in [0.717, 1.165) is 16.9 Å². The van der Waals surface area contributed by atoms with Crippen LogP contribution in [-0.4, -0.2) is 25.5 Å². The minimum atomic E-state index is -0.280. The van der Waals surface area contributed by atoms with Crippen molar-refractivity contribution >= 4 is 11.8 Å². The molecule has 2 rings (SSSR count). The minimum absolute atomic E-state index is 0.162. The number of carbonyl (C=O) groups excluding carboxylic acids is 2. The molecule has 0 unspecified atom stereocenters. The van der Waals surface area contributed by atoms with Gasteiger partial charge in [-0.05, 0) is 29.7 Å². The lowest BCUT2D eigenvalue weighted by atomic mass is 10.1. The molecule has 0 heterocycles. The number of rotatable bonds is 8. The highest BCUT2D eigenvalue weighted by Crippen LogP contribution is 2.12. The first-order valence-electron chi connectivity index (χ1n) is 7.87. The topological polar surface area (TPSA) is 67.4 Å². The van der Waals surface area contributed by atoms with Crippen molar-refractivity contribution in [2.24, 2.45) is 0 Å². The first kappa shape index (κ1) is 17.5. The molecule has 0 atom stereocenters. The molecular formula is C19H22N2O3. The molecule has 0 bridgehead atoms. The van der Waals surface area contributed by atoms with Crippen LogP contribution in [-0.2, 0) is 22.6 Å². The predicted octanol–water partition coefficient (Wildman–Crippen LogP) is 2.06. The molecule has 0 radical (unpaired) electrons. The molecule has 2 aromatic carbocycles. The monoisotopic (exact) mass is 326 g/mol. The maximum absolute atomic E-state index is 11.8. The molecular weight excluding hydrogens is 304 g/mol. The van der Waals surface area contributed by atoms with E-state index in [1.807, 2.05) is 54.6 Å². The molecule has 2 aromatic rings. The summed E-state index contributed by atoms with van der Waals surface area (Å²) in [5.41, 5.74) is 2.08. The van der Waals surface area contributed by atoms with E-state index in [2.05, 4.69) is 10.6 Å². The third kappa shape index (κ3) is 6.12. The number of nitrogens with one attached hydrogen (secondary N) is 2. The van der Waals surface area contributed by atoms with Gasteiger partial charge in [-0.2, -0.15) is 0 Å². The number of hydrogen-bond donors (Lipinski definition) is 2. The van der Waals surface area contributed by atoms with Crippen molar-refractivity contribution in [1.29, 1.82) is 0 Å². The lowest BCUT2D eigenvalue weighted by Gasteiger charge is -2.08. The number of amides is 2. The number of hydrogen-bond acceptors (Lipinski definition) is 3. The van der Waals surface area contributed by atoms with Crippen LogP contribution in [0, 0.1) is 0 Å². The molecule has 0 fully saturated rings. The van der Waals surface area contributed by atoms with Gasteiger partial charge in [0.25, 0.3) is 0 Å². The number of benzene rings is 2. The third-order valence-corrected chi connectivity index (χ3v) is 3.52. The lowest BCUT2D eigenvalue weighted by molar-refractivity contribution is -0.129. The van der Waals surface area contributed by atoms with Crippen LogP contribution in [0.4, 0.5) is 0 Å². The Labute approximate surface area is 142 Å². The molecule has 0 aliphatic carbocycles. The van der Waals surface area contributed by atoms with Gasteiger partial charge in [-0.25, -0.2) is 0 Å². The molecule has 0 aliphatic heterocycles. The number of carbonyl (C=O) groups is 2. The first-order valence-corrected chi connectivity index (χ1v) is 7.87. The molecule has 0 spiro atoms. The second-order valence-electron chi connectivity index (χ2n) is 5.39. The Hall–Kier alpha value is -2.82. The normalized spacial score (nSPS) is 10.0. The van der Waals surface area contributed by atoms with Gasteiger partial charge in [0.05, 0.1) is 7.11 Å². The zero-order chi connectivity index (χ0) is 17.2. The van der Waals surface area contributed by atoms with Gasteiger partial charge in [0.15, 0.2) is 0 Å². The van der Waals surface area contributed by atoms with Crippen molar-refractivity contribution in [2.75, 3.05) is 13.7 Å². The summed E-state index contributed by atoms with van der Waals surface area (Å²) in [6, 6.07) is 17.3. The maximum Gasteiger partial charge on any atom is 0.229 e. The van der Waals surface area contributed by atoms with Crippen LogP contribution in [0.15, 0.2) is 54.6 Å². The Kier molecular flexibility index (Phi) is 6.83. The summed E-state index contributed by atoms with van der Waals surface area (Å²) in [4.78, 5) is 23.5. The predicted molar refractivity (Wildman–Crippen MR) is 92.6 cm³/mol. The summed E-state index contributed by atoms with van der Waals surface area (Å²) in [5, 5.41) is 5.49. The average molecular weight is 326 g/mol. The Balaban J connectivity index is 1.66. The molecule has 126 valence electrons. The molecule has 0 saturated carbocycles. The molecule has 24 heavy (non-hydrogen) atoms. The van der Waals surface area contributed by atoms with Crippen LogP contribution in [0.25, 0.3) is 0 Å². The number of methoxy groups -OCH3 is 1. The lowest BCUT2D eigenvalue weighted by Crippen LogP contribution is -2.32. The molecule has 5 nitrogen and oxygen atoms in total. The van der Waals surface area contributed by atoms with E-state index in [0.29, 0.717) is 19.5 Å². The Morgan fingerprint density at radius 2 is 1.62 bits per heavy atom. The van der Waals surface area contributed by atoms with E-state index < -0.39 is 0 Å². The Morgan fingerprint density at radius 3 is 2.38 bits per heavy atom. The van der Waals surface area contributed by atoms with Gasteiger partial charge in [0.2, 0.25) is 11.8 Å². The highest BCUT2D eigenvalue weighted by Gasteiger charge is 2.08. The minimum Gasteiger partial charge on any atom is -0.497 e. The highest BCUT2D eigenvalue weighted by molar-refractivity contribution is 5.96. The van der Waals surface area contributed by atoms with Crippen molar-refractivity contribution in [2.45, 2.75) is 19.4 Å². The largest absolute Gasteiger partial charge is 0.497 e. The highest BCUT2D eigenvalue weighted by atomic mass is 16.5. The van der Waals surface area contributed by atoms with Crippen LogP contribution < -0.4 is 15.4 Å². The Bertz CT molecular complexity index is 671. The smallest absolute Gasteiger partial charge is 0.229 e. The second kappa shape index (κ2) is 9.35. The summed E-state index contributed by atoms with van der Waals surface area (Å²) in [6.07, 6.45) is 0.527. The zero-order valence-corrected chi connectivity index (χ0v) is 13.7. The summed E-state index contributed by atoms with van der Waals surface area (Å²) in [5.74, 6) is 0.236. The van der Waals surface area contributed by atoms with Gasteiger partial charge in [-0.3, -0.25) is 9.59 Å². The van der Waals surface area contributed by atoms with Crippen LogP contribution >= 0.6 is 0 Å². The quantitative estimate of drug-likeness (QED) is 0.730. The van der Waals surface area contributed by atoms with Crippen LogP contribution in [0.2, 0.25) is 0 Å². The van der Waals surface area contributed by atoms with Gasteiger partial charge in [0.1, 0.15) is 12.2 Å². The van der Waals surface area contributed by atoms with Gasteiger partial charge >= 0.3 is 0 Å². The molecule has 0 aliphatic rings. The first-order chi connectivity index (χ1) is 11.7. The second-order valence-corrected chi connectivity index (χ2v) is 5.39. The van der Waals surface area contributed by atoms with Gasteiger partial charge in [0, 0.05) is 13.1 Å². The van der Waals surface area contributed by atoms with Crippen LogP contribution in [0.1, 0.15) is 17.5 Å². The summed E-state index contributed by atoms with van der Waals surface area (Å²) in [7, 11) is 1.62. The van der Waals surface area contributed by atoms with Crippen molar-refractivity contribution < 1.29 is 14.3 Å². The average Bonchev–Trinajstić information content (AvgIpc) is 2.61. The molecule has 0 aromatic heterocycles. The third-order valence-electron chi connectivity index (χ3n) is 3.52. The fraction of sp³-hybridized carbons (Fsp3) is 0.263. The van der Waals surface area contributed by atoms with Crippen molar-refractivity contribution in [3.8, 4) is 5.75 Å². The van der Waals surface area contributed by atoms with Gasteiger partial charge in [-0.15, -0.1) is 0 Å². The summed E-state index contributed by atoms with van der Waals surface area (Å²) in [6.45, 7) is 0.911. The van der Waals surface area contributed by atoms with Crippen molar-refractivity contribution in [3.05, 3.63) is 65.7 Å². The summed E-state index contributed by atoms with van der Waals surface area (Å²) < 4.78 is 5.16. The zero-order valence-electron chi connectivity index (χ0n) is 13.7. The van der Waals surface area contributed by atoms with Gasteiger partial charge in [-0.1, -0.05) is 42.5 Å². The summed E-state index contributed by atoms with van der Waals surface area (Å²) >= 11 is 0. The molecule has 2 N–H and O–H groups in total. The van der Waals surface area contributed by atoms with E-state index in [1.54, 1.807) is 7.11 Å². The molecule has 2 amide bonds. The maximum atomic E-state index is 11.8.